The summed E-state index contributed by atoms with van der Waals surface area (Å²) in [5, 5.41) is 0. The lowest BCUT2D eigenvalue weighted by molar-refractivity contribution is 0.395. The number of aromatic nitrogens is 1. The van der Waals surface area contributed by atoms with E-state index >= 15 is 0 Å². The third-order valence-electron chi connectivity index (χ3n) is 3.24. The molecule has 0 aliphatic rings. The summed E-state index contributed by atoms with van der Waals surface area (Å²) in [6.07, 6.45) is 0. The average molecular weight is 291 g/mol. The van der Waals surface area contributed by atoms with Gasteiger partial charge in [0.15, 0.2) is 0 Å². The van der Waals surface area contributed by atoms with Crippen molar-refractivity contribution in [2.45, 2.75) is 5.75 Å². The fraction of sp³-hybridized carbons (Fsp3) is 0.267. The van der Waals surface area contributed by atoms with E-state index in [1.807, 2.05) is 18.2 Å². The highest BCUT2D eigenvalue weighted by atomic mass is 32.1. The number of methoxy groups -OCH3 is 2. The highest BCUT2D eigenvalue weighted by molar-refractivity contribution is 7.79. The van der Waals surface area contributed by atoms with Crippen molar-refractivity contribution in [1.82, 2.24) is 4.57 Å². The largest absolute Gasteiger partial charge is 0.497 e. The molecule has 4 nitrogen and oxygen atoms in total. The maximum Gasteiger partial charge on any atom is 0.254 e. The highest BCUT2D eigenvalue weighted by Gasteiger charge is 2.12. The van der Waals surface area contributed by atoms with Crippen LogP contribution in [0.4, 0.5) is 0 Å². The van der Waals surface area contributed by atoms with Crippen molar-refractivity contribution in [3.05, 3.63) is 46.2 Å². The number of benzene rings is 1. The molecule has 0 radical (unpaired) electrons. The van der Waals surface area contributed by atoms with Crippen molar-refractivity contribution in [1.29, 1.82) is 0 Å². The Morgan fingerprint density at radius 1 is 1.15 bits per heavy atom. The molecule has 0 unspecified atom stereocenters. The number of thiol groups is 1. The van der Waals surface area contributed by atoms with Crippen LogP contribution in [-0.4, -0.2) is 18.8 Å². The van der Waals surface area contributed by atoms with Gasteiger partial charge >= 0.3 is 0 Å². The molecule has 1 heterocycles. The molecule has 0 atom stereocenters. The summed E-state index contributed by atoms with van der Waals surface area (Å²) < 4.78 is 12.2. The van der Waals surface area contributed by atoms with Crippen molar-refractivity contribution in [3.8, 4) is 22.8 Å². The Morgan fingerprint density at radius 3 is 2.50 bits per heavy atom. The van der Waals surface area contributed by atoms with Crippen LogP contribution >= 0.6 is 12.6 Å². The Kier molecular flexibility index (Phi) is 4.39. The molecular weight excluding hydrogens is 274 g/mol. The number of hydrogen-bond acceptors (Lipinski definition) is 4. The van der Waals surface area contributed by atoms with Crippen LogP contribution in [0.2, 0.25) is 0 Å². The zero-order valence-electron chi connectivity index (χ0n) is 11.7. The minimum Gasteiger partial charge on any atom is -0.497 e. The predicted molar refractivity (Wildman–Crippen MR) is 82.9 cm³/mol. The van der Waals surface area contributed by atoms with Crippen LogP contribution in [0, 0.1) is 0 Å². The van der Waals surface area contributed by atoms with Crippen molar-refractivity contribution < 1.29 is 9.47 Å². The molecular formula is C15H17NO3S. The zero-order chi connectivity index (χ0) is 14.7. The minimum atomic E-state index is -0.0460. The maximum absolute atomic E-state index is 12.2. The molecule has 2 rings (SSSR count). The van der Waals surface area contributed by atoms with E-state index in [-0.39, 0.29) is 5.56 Å². The van der Waals surface area contributed by atoms with Gasteiger partial charge in [0.05, 0.1) is 19.9 Å². The monoisotopic (exact) mass is 291 g/mol. The molecule has 0 spiro atoms. The molecule has 1 aromatic carbocycles. The van der Waals surface area contributed by atoms with E-state index in [0.717, 1.165) is 11.3 Å². The molecule has 0 saturated carbocycles. The lowest BCUT2D eigenvalue weighted by atomic mass is 10.1. The Morgan fingerprint density at radius 2 is 1.90 bits per heavy atom. The third kappa shape index (κ3) is 2.54. The van der Waals surface area contributed by atoms with E-state index in [0.29, 0.717) is 22.8 Å². The fourth-order valence-electron chi connectivity index (χ4n) is 2.09. The molecule has 20 heavy (non-hydrogen) atoms. The maximum atomic E-state index is 12.2. The van der Waals surface area contributed by atoms with E-state index in [1.54, 1.807) is 38.0 Å². The molecule has 2 aromatic rings. The van der Waals surface area contributed by atoms with Crippen LogP contribution in [-0.2, 0) is 12.8 Å². The molecule has 0 aliphatic heterocycles. The van der Waals surface area contributed by atoms with Gasteiger partial charge in [0.2, 0.25) is 0 Å². The molecule has 1 aromatic heterocycles. The average Bonchev–Trinajstić information content (AvgIpc) is 2.49. The summed E-state index contributed by atoms with van der Waals surface area (Å²) in [7, 11) is 4.94. The van der Waals surface area contributed by atoms with Gasteiger partial charge in [-0.2, -0.15) is 12.6 Å². The van der Waals surface area contributed by atoms with Gasteiger partial charge < -0.3 is 14.0 Å². The van der Waals surface area contributed by atoms with E-state index in [1.165, 1.54) is 0 Å². The van der Waals surface area contributed by atoms with Gasteiger partial charge in [-0.25, -0.2) is 0 Å². The highest BCUT2D eigenvalue weighted by Crippen LogP contribution is 2.32. The number of pyridine rings is 1. The zero-order valence-corrected chi connectivity index (χ0v) is 12.6. The van der Waals surface area contributed by atoms with Crippen LogP contribution in [0.3, 0.4) is 0 Å². The van der Waals surface area contributed by atoms with Gasteiger partial charge in [-0.05, 0) is 18.2 Å². The van der Waals surface area contributed by atoms with Crippen molar-refractivity contribution >= 4 is 12.6 Å². The Balaban J connectivity index is 2.63. The van der Waals surface area contributed by atoms with Crippen LogP contribution in [0.15, 0.2) is 35.1 Å². The van der Waals surface area contributed by atoms with Crippen molar-refractivity contribution in [2.75, 3.05) is 14.2 Å². The van der Waals surface area contributed by atoms with Gasteiger partial charge in [0, 0.05) is 30.0 Å². The number of hydrogen-bond donors (Lipinski definition) is 1. The number of nitrogens with zero attached hydrogens (tertiary/aromatic N) is 1. The van der Waals surface area contributed by atoms with Crippen LogP contribution < -0.4 is 15.0 Å². The normalized spacial score (nSPS) is 10.4. The molecule has 106 valence electrons. The van der Waals surface area contributed by atoms with Gasteiger partial charge in [-0.1, -0.05) is 6.07 Å². The van der Waals surface area contributed by atoms with Gasteiger partial charge in [0.1, 0.15) is 11.5 Å². The van der Waals surface area contributed by atoms with E-state index in [4.69, 9.17) is 9.47 Å². The summed E-state index contributed by atoms with van der Waals surface area (Å²) in [4.78, 5) is 12.2. The summed E-state index contributed by atoms with van der Waals surface area (Å²) in [6.45, 7) is 0. The Hall–Kier alpha value is -1.88. The molecule has 0 saturated heterocycles. The first-order valence-electron chi connectivity index (χ1n) is 6.14. The number of rotatable bonds is 4. The van der Waals surface area contributed by atoms with Gasteiger partial charge in [0.25, 0.3) is 5.56 Å². The van der Waals surface area contributed by atoms with Crippen molar-refractivity contribution in [3.63, 3.8) is 0 Å². The second-order valence-electron chi connectivity index (χ2n) is 4.33. The number of ether oxygens (including phenoxy) is 2. The molecule has 0 bridgehead atoms. The fourth-order valence-corrected chi connectivity index (χ4v) is 2.33. The first kappa shape index (κ1) is 14.5. The summed E-state index contributed by atoms with van der Waals surface area (Å²) in [5.41, 5.74) is 2.26. The van der Waals surface area contributed by atoms with E-state index < -0.39 is 0 Å². The summed E-state index contributed by atoms with van der Waals surface area (Å²) in [6, 6.07) is 9.22. The molecule has 0 fully saturated rings. The van der Waals surface area contributed by atoms with E-state index in [9.17, 15) is 4.79 Å². The second kappa shape index (κ2) is 6.05. The first-order chi connectivity index (χ1) is 9.62. The molecule has 0 aliphatic carbocycles. The van der Waals surface area contributed by atoms with Crippen LogP contribution in [0.5, 0.6) is 11.5 Å². The lowest BCUT2D eigenvalue weighted by Crippen LogP contribution is -2.21. The Labute approximate surface area is 123 Å². The first-order valence-corrected chi connectivity index (χ1v) is 6.77. The standard InChI is InChI=1S/C15H17NO3S/c1-16-13(7-4-10(9-20)15(16)17)12-6-5-11(18-2)8-14(12)19-3/h4-8,20H,9H2,1-3H3. The van der Waals surface area contributed by atoms with Crippen LogP contribution in [0.1, 0.15) is 5.56 Å². The van der Waals surface area contributed by atoms with Gasteiger partial charge in [-0.3, -0.25) is 4.79 Å². The lowest BCUT2D eigenvalue weighted by Gasteiger charge is -2.14. The molecule has 5 heteroatoms. The molecule has 0 amide bonds. The Bertz CT molecular complexity index is 679. The SMILES string of the molecule is COc1ccc(-c2ccc(CS)c(=O)n2C)c(OC)c1. The molecule has 0 N–H and O–H groups in total. The smallest absolute Gasteiger partial charge is 0.254 e. The predicted octanol–water partition coefficient (Wildman–Crippen LogP) is 2.50. The summed E-state index contributed by atoms with van der Waals surface area (Å²) in [5.74, 6) is 1.80. The quantitative estimate of drug-likeness (QED) is 0.880. The summed E-state index contributed by atoms with van der Waals surface area (Å²) >= 11 is 4.16. The third-order valence-corrected chi connectivity index (χ3v) is 3.58. The van der Waals surface area contributed by atoms with E-state index in [2.05, 4.69) is 12.6 Å². The van der Waals surface area contributed by atoms with Crippen molar-refractivity contribution in [2.24, 2.45) is 7.05 Å². The van der Waals surface area contributed by atoms with Crippen LogP contribution in [0.25, 0.3) is 11.3 Å². The van der Waals surface area contributed by atoms with Gasteiger partial charge in [-0.15, -0.1) is 0 Å². The second-order valence-corrected chi connectivity index (χ2v) is 4.65. The topological polar surface area (TPSA) is 40.5 Å². The minimum absolute atomic E-state index is 0.0460.